The Morgan fingerprint density at radius 2 is 1.81 bits per heavy atom. The van der Waals surface area contributed by atoms with Crippen LogP contribution in [0.3, 0.4) is 0 Å². The van der Waals surface area contributed by atoms with Gasteiger partial charge in [-0.25, -0.2) is 8.42 Å². The van der Waals surface area contributed by atoms with Gasteiger partial charge in [0.25, 0.3) is 15.9 Å². The monoisotopic (exact) mass is 454 g/mol. The molecule has 7 heteroatoms. The normalized spacial score (nSPS) is 13.6. The number of aryl methyl sites for hydroxylation is 2. The van der Waals surface area contributed by atoms with Crippen molar-refractivity contribution in [3.63, 3.8) is 0 Å². The van der Waals surface area contributed by atoms with E-state index in [0.717, 1.165) is 28.8 Å². The van der Waals surface area contributed by atoms with E-state index in [9.17, 15) is 13.2 Å². The summed E-state index contributed by atoms with van der Waals surface area (Å²) in [6.07, 6.45) is 1.47. The van der Waals surface area contributed by atoms with Crippen molar-refractivity contribution in [2.24, 2.45) is 0 Å². The van der Waals surface area contributed by atoms with Gasteiger partial charge in [-0.2, -0.15) is 0 Å². The summed E-state index contributed by atoms with van der Waals surface area (Å²) in [6, 6.07) is 17.3. The predicted octanol–water partition coefficient (Wildman–Crippen LogP) is 5.35. The Balaban J connectivity index is 1.65. The summed E-state index contributed by atoms with van der Waals surface area (Å²) in [5, 5.41) is 0.502. The molecule has 0 aromatic heterocycles. The summed E-state index contributed by atoms with van der Waals surface area (Å²) in [5.41, 5.74) is 4.56. The molecule has 0 radical (unpaired) electrons. The molecule has 0 unspecified atom stereocenters. The smallest absolute Gasteiger partial charge is 0.261 e. The number of hydrogen-bond acceptors (Lipinski definition) is 3. The van der Waals surface area contributed by atoms with Gasteiger partial charge in [0.1, 0.15) is 0 Å². The maximum absolute atomic E-state index is 13.0. The maximum atomic E-state index is 13.0. The Bertz CT molecular complexity index is 1270. The number of nitrogens with zero attached hydrogens (tertiary/aromatic N) is 1. The van der Waals surface area contributed by atoms with Crippen LogP contribution in [0.1, 0.15) is 33.5 Å². The van der Waals surface area contributed by atoms with Crippen LogP contribution in [-0.4, -0.2) is 20.9 Å². The zero-order chi connectivity index (χ0) is 22.2. The summed E-state index contributed by atoms with van der Waals surface area (Å²) in [7, 11) is -3.75. The minimum Gasteiger partial charge on any atom is -0.308 e. The number of hydrogen-bond donors (Lipinski definition) is 1. The molecule has 31 heavy (non-hydrogen) atoms. The van der Waals surface area contributed by atoms with Crippen molar-refractivity contribution in [2.75, 3.05) is 16.2 Å². The first-order valence-corrected chi connectivity index (χ1v) is 11.9. The lowest BCUT2D eigenvalue weighted by Crippen LogP contribution is -2.35. The molecule has 1 heterocycles. The second-order valence-corrected chi connectivity index (χ2v) is 9.83. The fourth-order valence-electron chi connectivity index (χ4n) is 3.79. The van der Waals surface area contributed by atoms with Crippen LogP contribution in [0, 0.1) is 13.8 Å². The first-order valence-electron chi connectivity index (χ1n) is 10.1. The Morgan fingerprint density at radius 1 is 1.03 bits per heavy atom. The molecule has 0 saturated carbocycles. The molecule has 0 spiro atoms. The molecule has 0 fully saturated rings. The van der Waals surface area contributed by atoms with Crippen molar-refractivity contribution in [2.45, 2.75) is 31.6 Å². The molecule has 5 nitrogen and oxygen atoms in total. The summed E-state index contributed by atoms with van der Waals surface area (Å²) in [5.74, 6) is -0.146. The number of benzene rings is 3. The van der Waals surface area contributed by atoms with Crippen LogP contribution in [0.25, 0.3) is 0 Å². The van der Waals surface area contributed by atoms with E-state index in [2.05, 4.69) is 4.72 Å². The van der Waals surface area contributed by atoms with Gasteiger partial charge in [-0.1, -0.05) is 29.8 Å². The average Bonchev–Trinajstić information content (AvgIpc) is 2.75. The quantitative estimate of drug-likeness (QED) is 0.577. The van der Waals surface area contributed by atoms with E-state index in [0.29, 0.717) is 29.2 Å². The SMILES string of the molecule is Cc1cccc(NS(=O)(=O)c2ccc3c(c2)CCCN3C(=O)c2cccc(Cl)c2)c1C. The van der Waals surface area contributed by atoms with Crippen molar-refractivity contribution < 1.29 is 13.2 Å². The number of halogens is 1. The van der Waals surface area contributed by atoms with Crippen LogP contribution in [0.15, 0.2) is 65.6 Å². The number of fused-ring (bicyclic) bond motifs is 1. The van der Waals surface area contributed by atoms with E-state index in [1.165, 1.54) is 0 Å². The first-order chi connectivity index (χ1) is 14.8. The number of rotatable bonds is 4. The summed E-state index contributed by atoms with van der Waals surface area (Å²) < 4.78 is 28.7. The van der Waals surface area contributed by atoms with Crippen LogP contribution in [-0.2, 0) is 16.4 Å². The highest BCUT2D eigenvalue weighted by molar-refractivity contribution is 7.92. The van der Waals surface area contributed by atoms with E-state index in [1.807, 2.05) is 26.0 Å². The standard InChI is InChI=1S/C24H23ClN2O3S/c1-16-6-3-10-22(17(16)2)26-31(29,30)21-11-12-23-18(15-21)8-5-13-27(23)24(28)19-7-4-9-20(25)14-19/h3-4,6-7,9-12,14-15,26H,5,8,13H2,1-2H3. The number of anilines is 2. The molecular weight excluding hydrogens is 432 g/mol. The van der Waals surface area contributed by atoms with E-state index in [1.54, 1.807) is 53.4 Å². The lowest BCUT2D eigenvalue weighted by molar-refractivity contribution is 0.0985. The third-order valence-electron chi connectivity index (χ3n) is 5.65. The van der Waals surface area contributed by atoms with Gasteiger partial charge in [0, 0.05) is 22.8 Å². The van der Waals surface area contributed by atoms with Crippen LogP contribution < -0.4 is 9.62 Å². The third kappa shape index (κ3) is 4.31. The molecule has 1 aliphatic heterocycles. The van der Waals surface area contributed by atoms with Crippen molar-refractivity contribution in [3.8, 4) is 0 Å². The summed E-state index contributed by atoms with van der Waals surface area (Å²) in [4.78, 5) is 14.9. The van der Waals surface area contributed by atoms with Gasteiger partial charge in [-0.15, -0.1) is 0 Å². The number of nitrogens with one attached hydrogen (secondary N) is 1. The molecule has 1 aliphatic rings. The largest absolute Gasteiger partial charge is 0.308 e. The Hall–Kier alpha value is -2.83. The van der Waals surface area contributed by atoms with Gasteiger partial charge < -0.3 is 4.90 Å². The minimum absolute atomic E-state index is 0.146. The summed E-state index contributed by atoms with van der Waals surface area (Å²) in [6.45, 7) is 4.40. The highest BCUT2D eigenvalue weighted by Crippen LogP contribution is 2.32. The third-order valence-corrected chi connectivity index (χ3v) is 7.24. The second-order valence-electron chi connectivity index (χ2n) is 7.71. The predicted molar refractivity (Wildman–Crippen MR) is 125 cm³/mol. The fourth-order valence-corrected chi connectivity index (χ4v) is 5.16. The summed E-state index contributed by atoms with van der Waals surface area (Å²) >= 11 is 6.04. The van der Waals surface area contributed by atoms with Gasteiger partial charge in [-0.05, 0) is 85.8 Å². The number of carbonyl (C=O) groups excluding carboxylic acids is 1. The number of sulfonamides is 1. The molecule has 3 aromatic rings. The average molecular weight is 455 g/mol. The van der Waals surface area contributed by atoms with Gasteiger partial charge in [0.2, 0.25) is 0 Å². The first kappa shape index (κ1) is 21.4. The highest BCUT2D eigenvalue weighted by Gasteiger charge is 2.26. The molecule has 1 N–H and O–H groups in total. The zero-order valence-corrected chi connectivity index (χ0v) is 18.9. The van der Waals surface area contributed by atoms with Crippen molar-refractivity contribution in [1.29, 1.82) is 0 Å². The molecule has 0 bridgehead atoms. The van der Waals surface area contributed by atoms with Crippen LogP contribution in [0.4, 0.5) is 11.4 Å². The lowest BCUT2D eigenvalue weighted by atomic mass is 10.0. The highest BCUT2D eigenvalue weighted by atomic mass is 35.5. The van der Waals surface area contributed by atoms with E-state index in [-0.39, 0.29) is 10.8 Å². The molecule has 160 valence electrons. The zero-order valence-electron chi connectivity index (χ0n) is 17.4. The Kier molecular flexibility index (Phi) is 5.77. The molecule has 4 rings (SSSR count). The second kappa shape index (κ2) is 8.36. The van der Waals surface area contributed by atoms with Crippen LogP contribution in [0.2, 0.25) is 5.02 Å². The van der Waals surface area contributed by atoms with Gasteiger partial charge in [0.15, 0.2) is 0 Å². The van der Waals surface area contributed by atoms with E-state index >= 15 is 0 Å². The van der Waals surface area contributed by atoms with Crippen molar-refractivity contribution in [3.05, 3.63) is 87.9 Å². The van der Waals surface area contributed by atoms with Gasteiger partial charge in [-0.3, -0.25) is 9.52 Å². The minimum atomic E-state index is -3.75. The van der Waals surface area contributed by atoms with Gasteiger partial charge in [0.05, 0.1) is 10.6 Å². The Morgan fingerprint density at radius 3 is 2.58 bits per heavy atom. The van der Waals surface area contributed by atoms with Crippen LogP contribution in [0.5, 0.6) is 0 Å². The van der Waals surface area contributed by atoms with Crippen molar-refractivity contribution in [1.82, 2.24) is 0 Å². The number of amides is 1. The van der Waals surface area contributed by atoms with E-state index in [4.69, 9.17) is 11.6 Å². The molecule has 0 saturated heterocycles. The molecule has 1 amide bonds. The van der Waals surface area contributed by atoms with Gasteiger partial charge >= 0.3 is 0 Å². The topological polar surface area (TPSA) is 66.5 Å². The maximum Gasteiger partial charge on any atom is 0.261 e. The Labute approximate surface area is 187 Å². The molecule has 3 aromatic carbocycles. The van der Waals surface area contributed by atoms with Crippen molar-refractivity contribution >= 4 is 38.9 Å². The van der Waals surface area contributed by atoms with Crippen LogP contribution >= 0.6 is 11.6 Å². The fraction of sp³-hybridized carbons (Fsp3) is 0.208. The molecule has 0 atom stereocenters. The van der Waals surface area contributed by atoms with E-state index < -0.39 is 10.0 Å². The number of carbonyl (C=O) groups is 1. The lowest BCUT2D eigenvalue weighted by Gasteiger charge is -2.30. The molecule has 0 aliphatic carbocycles. The molecular formula is C24H23ClN2O3S.